The quantitative estimate of drug-likeness (QED) is 0.919. The molecular weight excluding hydrogens is 268 g/mol. The zero-order valence-electron chi connectivity index (χ0n) is 9.24. The van der Waals surface area contributed by atoms with E-state index >= 15 is 0 Å². The monoisotopic (exact) mass is 280 g/mol. The number of nitrogens with zero attached hydrogens (tertiary/aromatic N) is 2. The molecule has 0 aliphatic carbocycles. The van der Waals surface area contributed by atoms with Crippen molar-refractivity contribution >= 4 is 15.9 Å². The van der Waals surface area contributed by atoms with E-state index in [1.54, 1.807) is 6.33 Å². The van der Waals surface area contributed by atoms with E-state index < -0.39 is 0 Å². The number of halogens is 1. The third-order valence-electron chi connectivity index (χ3n) is 2.73. The van der Waals surface area contributed by atoms with Crippen molar-refractivity contribution in [2.45, 2.75) is 20.5 Å². The molecule has 0 aliphatic heterocycles. The number of aromatic nitrogens is 2. The largest absolute Gasteiger partial charge is 0.392 e. The fraction of sp³-hybridized carbons (Fsp3) is 0.250. The first-order valence-corrected chi connectivity index (χ1v) is 5.83. The summed E-state index contributed by atoms with van der Waals surface area (Å²) in [7, 11) is 0. The van der Waals surface area contributed by atoms with Crippen LogP contribution < -0.4 is 0 Å². The normalized spacial score (nSPS) is 10.8. The van der Waals surface area contributed by atoms with Crippen LogP contribution in [0.25, 0.3) is 5.69 Å². The number of aliphatic hydroxyl groups is 1. The van der Waals surface area contributed by atoms with Gasteiger partial charge in [-0.1, -0.05) is 22.0 Å². The van der Waals surface area contributed by atoms with E-state index in [9.17, 15) is 5.11 Å². The Bertz CT molecular complexity index is 520. The molecule has 0 spiro atoms. The average Bonchev–Trinajstić information content (AvgIpc) is 2.60. The number of imidazole rings is 1. The molecule has 1 aromatic carbocycles. The third-order valence-corrected chi connectivity index (χ3v) is 3.22. The average molecular weight is 281 g/mol. The number of benzene rings is 1. The van der Waals surface area contributed by atoms with Crippen LogP contribution >= 0.6 is 15.9 Å². The van der Waals surface area contributed by atoms with Crippen LogP contribution in [0.4, 0.5) is 0 Å². The van der Waals surface area contributed by atoms with Gasteiger partial charge in [-0.3, -0.25) is 0 Å². The van der Waals surface area contributed by atoms with Crippen LogP contribution in [0.5, 0.6) is 0 Å². The first-order valence-electron chi connectivity index (χ1n) is 5.03. The van der Waals surface area contributed by atoms with Crippen LogP contribution in [-0.4, -0.2) is 14.7 Å². The molecule has 0 fully saturated rings. The van der Waals surface area contributed by atoms with Crippen LogP contribution in [0, 0.1) is 13.8 Å². The van der Waals surface area contributed by atoms with Crippen molar-refractivity contribution in [3.63, 3.8) is 0 Å². The maximum Gasteiger partial charge on any atom is 0.0997 e. The molecule has 0 bridgehead atoms. The molecule has 0 saturated carbocycles. The van der Waals surface area contributed by atoms with E-state index in [1.165, 1.54) is 0 Å². The van der Waals surface area contributed by atoms with Crippen LogP contribution in [0.3, 0.4) is 0 Å². The minimum absolute atomic E-state index is 0.0271. The van der Waals surface area contributed by atoms with E-state index in [1.807, 2.05) is 36.6 Å². The third kappa shape index (κ3) is 1.90. The number of hydrogen-bond donors (Lipinski definition) is 1. The highest BCUT2D eigenvalue weighted by Gasteiger charge is 2.08. The standard InChI is InChI=1S/C12H13BrN2O/c1-8-9(2)15(7-14-8)12-5-11(13)4-3-10(12)6-16/h3-5,7,16H,6H2,1-2H3. The molecule has 0 unspecified atom stereocenters. The second-order valence-corrected chi connectivity index (χ2v) is 4.63. The van der Waals surface area contributed by atoms with E-state index in [0.717, 1.165) is 27.1 Å². The van der Waals surface area contributed by atoms with Crippen LogP contribution in [0.2, 0.25) is 0 Å². The summed E-state index contributed by atoms with van der Waals surface area (Å²) in [4.78, 5) is 4.26. The van der Waals surface area contributed by atoms with Gasteiger partial charge in [0.2, 0.25) is 0 Å². The second kappa shape index (κ2) is 4.39. The summed E-state index contributed by atoms with van der Waals surface area (Å²) >= 11 is 3.44. The molecule has 3 nitrogen and oxygen atoms in total. The Labute approximate surface area is 103 Å². The number of hydrogen-bond acceptors (Lipinski definition) is 2. The lowest BCUT2D eigenvalue weighted by Crippen LogP contribution is -2.00. The first kappa shape index (κ1) is 11.4. The number of aryl methyl sites for hydroxylation is 1. The molecular formula is C12H13BrN2O. The molecule has 0 amide bonds. The summed E-state index contributed by atoms with van der Waals surface area (Å²) < 4.78 is 2.98. The van der Waals surface area contributed by atoms with E-state index in [0.29, 0.717) is 0 Å². The van der Waals surface area contributed by atoms with Gasteiger partial charge in [-0.15, -0.1) is 0 Å². The second-order valence-electron chi connectivity index (χ2n) is 3.72. The van der Waals surface area contributed by atoms with E-state index in [2.05, 4.69) is 20.9 Å². The Kier molecular flexibility index (Phi) is 3.12. The molecule has 1 N–H and O–H groups in total. The van der Waals surface area contributed by atoms with Crippen molar-refractivity contribution in [1.82, 2.24) is 9.55 Å². The lowest BCUT2D eigenvalue weighted by Gasteiger charge is -2.11. The topological polar surface area (TPSA) is 38.0 Å². The predicted octanol–water partition coefficient (Wildman–Crippen LogP) is 2.74. The fourth-order valence-corrected chi connectivity index (χ4v) is 1.99. The van der Waals surface area contributed by atoms with Crippen molar-refractivity contribution in [3.8, 4) is 5.69 Å². The van der Waals surface area contributed by atoms with Gasteiger partial charge in [-0.05, 0) is 26.0 Å². The summed E-state index contributed by atoms with van der Waals surface area (Å²) in [6.45, 7) is 4.02. The summed E-state index contributed by atoms with van der Waals surface area (Å²) in [5, 5.41) is 9.32. The summed E-state index contributed by atoms with van der Waals surface area (Å²) in [6.07, 6.45) is 1.78. The highest BCUT2D eigenvalue weighted by Crippen LogP contribution is 2.22. The maximum absolute atomic E-state index is 9.32. The van der Waals surface area contributed by atoms with Gasteiger partial charge in [0.15, 0.2) is 0 Å². The lowest BCUT2D eigenvalue weighted by molar-refractivity contribution is 0.281. The van der Waals surface area contributed by atoms with Crippen molar-refractivity contribution in [3.05, 3.63) is 46.0 Å². The van der Waals surface area contributed by atoms with Gasteiger partial charge < -0.3 is 9.67 Å². The summed E-state index contributed by atoms with van der Waals surface area (Å²) in [5.74, 6) is 0. The first-order chi connectivity index (χ1) is 7.63. The lowest BCUT2D eigenvalue weighted by atomic mass is 10.2. The Morgan fingerprint density at radius 1 is 1.38 bits per heavy atom. The molecule has 1 aromatic heterocycles. The molecule has 0 aliphatic rings. The fourth-order valence-electron chi connectivity index (χ4n) is 1.64. The zero-order valence-corrected chi connectivity index (χ0v) is 10.8. The minimum Gasteiger partial charge on any atom is -0.392 e. The van der Waals surface area contributed by atoms with Gasteiger partial charge in [0.1, 0.15) is 0 Å². The van der Waals surface area contributed by atoms with Gasteiger partial charge in [-0.2, -0.15) is 0 Å². The van der Waals surface area contributed by atoms with Crippen LogP contribution in [-0.2, 0) is 6.61 Å². The summed E-state index contributed by atoms with van der Waals surface area (Å²) in [5.41, 5.74) is 3.95. The van der Waals surface area contributed by atoms with Gasteiger partial charge in [0.05, 0.1) is 24.3 Å². The Balaban J connectivity index is 2.62. The molecule has 84 valence electrons. The Morgan fingerprint density at radius 3 is 2.69 bits per heavy atom. The molecule has 0 radical (unpaired) electrons. The smallest absolute Gasteiger partial charge is 0.0997 e. The highest BCUT2D eigenvalue weighted by atomic mass is 79.9. The molecule has 4 heteroatoms. The van der Waals surface area contributed by atoms with Crippen LogP contribution in [0.15, 0.2) is 29.0 Å². The van der Waals surface area contributed by atoms with Crippen LogP contribution in [0.1, 0.15) is 17.0 Å². The maximum atomic E-state index is 9.32. The van der Waals surface area contributed by atoms with Crippen molar-refractivity contribution in [1.29, 1.82) is 0 Å². The Hall–Kier alpha value is -1.13. The predicted molar refractivity (Wildman–Crippen MR) is 66.7 cm³/mol. The van der Waals surface area contributed by atoms with Gasteiger partial charge in [0, 0.05) is 15.7 Å². The molecule has 0 saturated heterocycles. The van der Waals surface area contributed by atoms with Crippen molar-refractivity contribution in [2.24, 2.45) is 0 Å². The molecule has 2 rings (SSSR count). The summed E-state index contributed by atoms with van der Waals surface area (Å²) in [6, 6.07) is 5.82. The minimum atomic E-state index is 0.0271. The van der Waals surface area contributed by atoms with Crippen molar-refractivity contribution < 1.29 is 5.11 Å². The molecule has 16 heavy (non-hydrogen) atoms. The SMILES string of the molecule is Cc1ncn(-c2cc(Br)ccc2CO)c1C. The Morgan fingerprint density at radius 2 is 2.12 bits per heavy atom. The molecule has 2 aromatic rings. The zero-order chi connectivity index (χ0) is 11.7. The molecule has 0 atom stereocenters. The van der Waals surface area contributed by atoms with Gasteiger partial charge in [-0.25, -0.2) is 4.98 Å². The van der Waals surface area contributed by atoms with Gasteiger partial charge >= 0.3 is 0 Å². The highest BCUT2D eigenvalue weighted by molar-refractivity contribution is 9.10. The van der Waals surface area contributed by atoms with E-state index in [-0.39, 0.29) is 6.61 Å². The molecule has 1 heterocycles. The van der Waals surface area contributed by atoms with Crippen molar-refractivity contribution in [2.75, 3.05) is 0 Å². The van der Waals surface area contributed by atoms with Gasteiger partial charge in [0.25, 0.3) is 0 Å². The number of aliphatic hydroxyl groups excluding tert-OH is 1. The number of rotatable bonds is 2. The van der Waals surface area contributed by atoms with E-state index in [4.69, 9.17) is 0 Å².